The van der Waals surface area contributed by atoms with Gasteiger partial charge in [0.2, 0.25) is 0 Å². The highest BCUT2D eigenvalue weighted by Gasteiger charge is 1.76. The predicted molar refractivity (Wildman–Crippen MR) is 58.2 cm³/mol. The smallest absolute Gasteiger partial charge is 0.0170 e. The molecule has 0 radical (unpaired) electrons. The van der Waals surface area contributed by atoms with E-state index in [1.54, 1.807) is 0 Å². The van der Waals surface area contributed by atoms with Crippen molar-refractivity contribution >= 4 is 0 Å². The van der Waals surface area contributed by atoms with Gasteiger partial charge < -0.3 is 0 Å². The molecule has 0 heteroatoms. The summed E-state index contributed by atoms with van der Waals surface area (Å²) in [6.07, 6.45) is 9.88. The summed E-state index contributed by atoms with van der Waals surface area (Å²) in [7, 11) is 0. The van der Waals surface area contributed by atoms with Gasteiger partial charge in [0, 0.05) is 0 Å². The molecule has 0 heterocycles. The van der Waals surface area contributed by atoms with Crippen molar-refractivity contribution in [3.8, 4) is 0 Å². The topological polar surface area (TPSA) is 0 Å². The van der Waals surface area contributed by atoms with Crippen LogP contribution >= 0.6 is 0 Å². The fourth-order valence-electron chi connectivity index (χ4n) is 0.546. The Morgan fingerprint density at radius 2 is 1.58 bits per heavy atom. The van der Waals surface area contributed by atoms with E-state index in [0.717, 1.165) is 0 Å². The van der Waals surface area contributed by atoms with Gasteiger partial charge in [-0.2, -0.15) is 0 Å². The van der Waals surface area contributed by atoms with E-state index in [-0.39, 0.29) is 0 Å². The largest absolute Gasteiger partial charge is 0.121 e. The zero-order valence-corrected chi connectivity index (χ0v) is 8.89. The SMILES string of the molecule is CC.CC.CC1=CC=CC=C=C1. The number of hydrogen-bond donors (Lipinski definition) is 0. The number of allylic oxidation sites excluding steroid dienone is 5. The van der Waals surface area contributed by atoms with Crippen LogP contribution in [0.3, 0.4) is 0 Å². The van der Waals surface area contributed by atoms with Crippen LogP contribution in [0.25, 0.3) is 0 Å². The molecule has 1 aliphatic carbocycles. The lowest BCUT2D eigenvalue weighted by Gasteiger charge is -1.78. The Morgan fingerprint density at radius 3 is 2.17 bits per heavy atom. The standard InChI is InChI=1S/C8H8.2C2H6/c1-8-6-4-2-3-5-7-8;2*1-2/h2-4,6-7H,1H3;2*1-2H3. The summed E-state index contributed by atoms with van der Waals surface area (Å²) in [5.41, 5.74) is 4.24. The first-order chi connectivity index (χ1) is 5.89. The van der Waals surface area contributed by atoms with Crippen LogP contribution in [0.5, 0.6) is 0 Å². The van der Waals surface area contributed by atoms with Crippen molar-refractivity contribution in [3.63, 3.8) is 0 Å². The van der Waals surface area contributed by atoms with Gasteiger partial charge in [-0.05, 0) is 24.6 Å². The minimum Gasteiger partial charge on any atom is -0.121 e. The molecule has 0 aromatic carbocycles. The summed E-state index contributed by atoms with van der Waals surface area (Å²) in [5.74, 6) is 0. The molecule has 0 aromatic rings. The summed E-state index contributed by atoms with van der Waals surface area (Å²) in [6.45, 7) is 10.1. The maximum atomic E-state index is 2.99. The van der Waals surface area contributed by atoms with Crippen molar-refractivity contribution in [1.82, 2.24) is 0 Å². The second-order valence-corrected chi connectivity index (χ2v) is 1.77. The Bertz CT molecular complexity index is 186. The van der Waals surface area contributed by atoms with Gasteiger partial charge in [0.25, 0.3) is 0 Å². The molecule has 0 fully saturated rings. The lowest BCUT2D eigenvalue weighted by molar-refractivity contribution is 1.50. The summed E-state index contributed by atoms with van der Waals surface area (Å²) in [6, 6.07) is 0. The van der Waals surface area contributed by atoms with E-state index in [4.69, 9.17) is 0 Å². The van der Waals surface area contributed by atoms with Gasteiger partial charge in [-0.25, -0.2) is 0 Å². The van der Waals surface area contributed by atoms with Crippen LogP contribution in [0.15, 0.2) is 41.7 Å². The van der Waals surface area contributed by atoms with Crippen LogP contribution in [-0.4, -0.2) is 0 Å². The van der Waals surface area contributed by atoms with Crippen LogP contribution < -0.4 is 0 Å². The third-order valence-corrected chi connectivity index (χ3v) is 0.974. The molecule has 68 valence electrons. The normalized spacial score (nSPS) is 11.6. The molecule has 0 saturated carbocycles. The Hall–Kier alpha value is -1.00. The molecule has 0 spiro atoms. The molecule has 0 atom stereocenters. The number of hydrogen-bond acceptors (Lipinski definition) is 0. The van der Waals surface area contributed by atoms with Gasteiger partial charge >= 0.3 is 0 Å². The molecule has 12 heavy (non-hydrogen) atoms. The van der Waals surface area contributed by atoms with Gasteiger partial charge in [0.05, 0.1) is 0 Å². The average Bonchev–Trinajstić information content (AvgIpc) is 2.40. The van der Waals surface area contributed by atoms with Crippen molar-refractivity contribution in [2.45, 2.75) is 34.6 Å². The summed E-state index contributed by atoms with van der Waals surface area (Å²) >= 11 is 0. The quantitative estimate of drug-likeness (QED) is 0.469. The molecule has 0 nitrogen and oxygen atoms in total. The van der Waals surface area contributed by atoms with Gasteiger partial charge in [-0.1, -0.05) is 45.9 Å². The van der Waals surface area contributed by atoms with Crippen molar-refractivity contribution in [2.24, 2.45) is 0 Å². The molecular formula is C12H20. The summed E-state index contributed by atoms with van der Waals surface area (Å²) in [5, 5.41) is 0. The monoisotopic (exact) mass is 164 g/mol. The van der Waals surface area contributed by atoms with Gasteiger partial charge in [0.15, 0.2) is 0 Å². The molecule has 0 amide bonds. The molecule has 1 rings (SSSR count). The molecule has 0 unspecified atom stereocenters. The Balaban J connectivity index is 0. The highest BCUT2D eigenvalue weighted by molar-refractivity contribution is 5.26. The predicted octanol–water partition coefficient (Wildman–Crippen LogP) is 4.27. The van der Waals surface area contributed by atoms with Crippen LogP contribution in [0, 0.1) is 0 Å². The third-order valence-electron chi connectivity index (χ3n) is 0.974. The van der Waals surface area contributed by atoms with E-state index < -0.39 is 0 Å². The van der Waals surface area contributed by atoms with Crippen LogP contribution in [0.4, 0.5) is 0 Å². The maximum absolute atomic E-state index is 2.99. The zero-order valence-electron chi connectivity index (χ0n) is 8.89. The molecule has 0 aliphatic heterocycles. The molecule has 0 aromatic heterocycles. The van der Waals surface area contributed by atoms with Crippen molar-refractivity contribution in [3.05, 3.63) is 41.7 Å². The lowest BCUT2D eigenvalue weighted by atomic mass is 10.3. The molecule has 0 N–H and O–H groups in total. The molecular weight excluding hydrogens is 144 g/mol. The van der Waals surface area contributed by atoms with E-state index in [1.807, 2.05) is 52.0 Å². The Labute approximate surface area is 77.0 Å². The van der Waals surface area contributed by atoms with E-state index in [1.165, 1.54) is 5.57 Å². The summed E-state index contributed by atoms with van der Waals surface area (Å²) in [4.78, 5) is 0. The molecule has 0 bridgehead atoms. The highest BCUT2D eigenvalue weighted by atomic mass is 13.8. The van der Waals surface area contributed by atoms with Crippen molar-refractivity contribution < 1.29 is 0 Å². The number of rotatable bonds is 0. The first kappa shape index (κ1) is 13.6. The fourth-order valence-corrected chi connectivity index (χ4v) is 0.546. The van der Waals surface area contributed by atoms with E-state index in [9.17, 15) is 0 Å². The minimum atomic E-state index is 1.25. The van der Waals surface area contributed by atoms with Gasteiger partial charge in [-0.15, -0.1) is 5.73 Å². The molecule has 0 saturated heterocycles. The van der Waals surface area contributed by atoms with Crippen molar-refractivity contribution in [2.75, 3.05) is 0 Å². The fraction of sp³-hybridized carbons (Fsp3) is 0.417. The van der Waals surface area contributed by atoms with Crippen LogP contribution in [-0.2, 0) is 0 Å². The van der Waals surface area contributed by atoms with Crippen molar-refractivity contribution in [1.29, 1.82) is 0 Å². The van der Waals surface area contributed by atoms with E-state index >= 15 is 0 Å². The van der Waals surface area contributed by atoms with E-state index in [0.29, 0.717) is 0 Å². The second-order valence-electron chi connectivity index (χ2n) is 1.77. The first-order valence-electron chi connectivity index (χ1n) is 4.65. The first-order valence-corrected chi connectivity index (χ1v) is 4.65. The molecule has 1 aliphatic rings. The highest BCUT2D eigenvalue weighted by Crippen LogP contribution is 1.96. The zero-order chi connectivity index (χ0) is 9.82. The van der Waals surface area contributed by atoms with Crippen LogP contribution in [0.2, 0.25) is 0 Å². The second kappa shape index (κ2) is 12.7. The lowest BCUT2D eigenvalue weighted by Crippen LogP contribution is -1.58. The Morgan fingerprint density at radius 1 is 1.00 bits per heavy atom. The summed E-state index contributed by atoms with van der Waals surface area (Å²) < 4.78 is 0. The third kappa shape index (κ3) is 9.00. The minimum absolute atomic E-state index is 1.25. The van der Waals surface area contributed by atoms with Gasteiger partial charge in [0.1, 0.15) is 0 Å². The van der Waals surface area contributed by atoms with E-state index in [2.05, 4.69) is 18.7 Å². The van der Waals surface area contributed by atoms with Gasteiger partial charge in [-0.3, -0.25) is 0 Å². The maximum Gasteiger partial charge on any atom is -0.0170 e. The van der Waals surface area contributed by atoms with Crippen LogP contribution in [0.1, 0.15) is 34.6 Å². The average molecular weight is 164 g/mol. The Kier molecular flexibility index (Phi) is 14.3.